The van der Waals surface area contributed by atoms with Crippen LogP contribution in [0.2, 0.25) is 0 Å². The van der Waals surface area contributed by atoms with E-state index >= 15 is 0 Å². The van der Waals surface area contributed by atoms with Gasteiger partial charge in [-0.15, -0.1) is 0 Å². The highest BCUT2D eigenvalue weighted by molar-refractivity contribution is 7.89. The molecule has 1 aliphatic heterocycles. The summed E-state index contributed by atoms with van der Waals surface area (Å²) in [4.78, 5) is 4.97. The van der Waals surface area contributed by atoms with Crippen LogP contribution < -0.4 is 9.46 Å². The summed E-state index contributed by atoms with van der Waals surface area (Å²) < 4.78 is 32.4. The molecule has 2 rings (SSSR count). The Morgan fingerprint density at radius 1 is 1.13 bits per heavy atom. The van der Waals surface area contributed by atoms with E-state index in [1.54, 1.807) is 24.3 Å². The van der Waals surface area contributed by atoms with Crippen LogP contribution in [0.1, 0.15) is 13.3 Å². The van der Waals surface area contributed by atoms with Gasteiger partial charge in [-0.3, -0.25) is 0 Å². The number of ether oxygens (including phenoxy) is 1. The molecular formula is C16H27N3O3S. The Kier molecular flexibility index (Phi) is 6.83. The first kappa shape index (κ1) is 18.2. The highest BCUT2D eigenvalue weighted by Crippen LogP contribution is 2.15. The Hall–Kier alpha value is -1.15. The van der Waals surface area contributed by atoms with Gasteiger partial charge < -0.3 is 14.5 Å². The molecule has 0 aliphatic carbocycles. The minimum absolute atomic E-state index is 0.278. The Morgan fingerprint density at radius 2 is 1.78 bits per heavy atom. The number of piperazine rings is 1. The first-order valence-electron chi connectivity index (χ1n) is 8.14. The zero-order valence-electron chi connectivity index (χ0n) is 14.0. The Balaban J connectivity index is 1.75. The van der Waals surface area contributed by atoms with Gasteiger partial charge in [0.2, 0.25) is 10.0 Å². The maximum Gasteiger partial charge on any atom is 0.240 e. The molecule has 1 fully saturated rings. The number of nitrogens with one attached hydrogen (secondary N) is 1. The van der Waals surface area contributed by atoms with Crippen LogP contribution in [0.25, 0.3) is 0 Å². The molecule has 0 unspecified atom stereocenters. The molecule has 1 aromatic rings. The molecule has 1 aliphatic rings. The Labute approximate surface area is 139 Å². The van der Waals surface area contributed by atoms with E-state index in [-0.39, 0.29) is 4.90 Å². The second-order valence-corrected chi connectivity index (χ2v) is 7.57. The predicted octanol–water partition coefficient (Wildman–Crippen LogP) is 1.00. The largest absolute Gasteiger partial charge is 0.494 e. The van der Waals surface area contributed by atoms with Gasteiger partial charge in [-0.2, -0.15) is 0 Å². The summed E-state index contributed by atoms with van der Waals surface area (Å²) in [7, 11) is -1.31. The van der Waals surface area contributed by atoms with E-state index in [1.165, 1.54) is 0 Å². The molecule has 6 nitrogen and oxygen atoms in total. The molecule has 0 atom stereocenters. The Morgan fingerprint density at radius 3 is 2.39 bits per heavy atom. The average molecular weight is 341 g/mol. The van der Waals surface area contributed by atoms with Crippen molar-refractivity contribution >= 4 is 10.0 Å². The van der Waals surface area contributed by atoms with Crippen molar-refractivity contribution in [2.45, 2.75) is 18.2 Å². The van der Waals surface area contributed by atoms with Gasteiger partial charge in [0.1, 0.15) is 5.75 Å². The fourth-order valence-corrected chi connectivity index (χ4v) is 3.62. The lowest BCUT2D eigenvalue weighted by Crippen LogP contribution is -2.45. The molecule has 1 aromatic carbocycles. The quantitative estimate of drug-likeness (QED) is 0.715. The van der Waals surface area contributed by atoms with E-state index in [1.807, 2.05) is 6.92 Å². The average Bonchev–Trinajstić information content (AvgIpc) is 2.54. The van der Waals surface area contributed by atoms with Crippen LogP contribution in [0.15, 0.2) is 29.2 Å². The maximum atomic E-state index is 12.2. The molecule has 1 N–H and O–H groups in total. The molecule has 0 spiro atoms. The molecule has 0 amide bonds. The van der Waals surface area contributed by atoms with Crippen molar-refractivity contribution in [2.24, 2.45) is 0 Å². The summed E-state index contributed by atoms with van der Waals surface area (Å²) in [6, 6.07) is 6.52. The topological polar surface area (TPSA) is 61.9 Å². The highest BCUT2D eigenvalue weighted by Gasteiger charge is 2.15. The van der Waals surface area contributed by atoms with Gasteiger partial charge in [-0.25, -0.2) is 13.1 Å². The highest BCUT2D eigenvalue weighted by atomic mass is 32.2. The third-order valence-electron chi connectivity index (χ3n) is 3.98. The lowest BCUT2D eigenvalue weighted by atomic mass is 10.3. The molecule has 0 bridgehead atoms. The van der Waals surface area contributed by atoms with Crippen LogP contribution in [0.5, 0.6) is 5.75 Å². The van der Waals surface area contributed by atoms with E-state index in [2.05, 4.69) is 21.6 Å². The second-order valence-electron chi connectivity index (χ2n) is 5.80. The predicted molar refractivity (Wildman–Crippen MR) is 91.4 cm³/mol. The van der Waals surface area contributed by atoms with Gasteiger partial charge in [-0.05, 0) is 51.2 Å². The molecule has 130 valence electrons. The van der Waals surface area contributed by atoms with Gasteiger partial charge in [0.25, 0.3) is 0 Å². The van der Waals surface area contributed by atoms with Crippen molar-refractivity contribution in [3.63, 3.8) is 0 Å². The lowest BCUT2D eigenvalue weighted by molar-refractivity contribution is 0.153. The molecule has 0 radical (unpaired) electrons. The van der Waals surface area contributed by atoms with Gasteiger partial charge in [0.15, 0.2) is 0 Å². The van der Waals surface area contributed by atoms with Crippen LogP contribution in [0, 0.1) is 0 Å². The summed E-state index contributed by atoms with van der Waals surface area (Å²) in [6.07, 6.45) is 0.819. The van der Waals surface area contributed by atoms with Gasteiger partial charge in [0.05, 0.1) is 11.5 Å². The van der Waals surface area contributed by atoms with Crippen molar-refractivity contribution in [2.75, 3.05) is 52.9 Å². The van der Waals surface area contributed by atoms with E-state index in [4.69, 9.17) is 4.74 Å². The molecule has 1 heterocycles. The van der Waals surface area contributed by atoms with Crippen LogP contribution in [-0.4, -0.2) is 71.1 Å². The lowest BCUT2D eigenvalue weighted by Gasteiger charge is -2.32. The van der Waals surface area contributed by atoms with Crippen molar-refractivity contribution in [1.82, 2.24) is 14.5 Å². The third-order valence-corrected chi connectivity index (χ3v) is 5.46. The number of likely N-dealkylation sites (N-methyl/N-ethyl adjacent to an activating group) is 1. The molecule has 1 saturated heterocycles. The summed E-state index contributed by atoms with van der Waals surface area (Å²) in [5.41, 5.74) is 0. The van der Waals surface area contributed by atoms with Crippen molar-refractivity contribution in [3.05, 3.63) is 24.3 Å². The first-order chi connectivity index (χ1) is 11.0. The molecule has 0 saturated carbocycles. The second kappa shape index (κ2) is 8.63. The molecule has 23 heavy (non-hydrogen) atoms. The monoisotopic (exact) mass is 341 g/mol. The standard InChI is InChI=1S/C16H27N3O3S/c1-3-22-15-5-7-16(8-6-15)23(20,21)17-9-4-10-19-13-11-18(2)12-14-19/h5-8,17H,3-4,9-14H2,1-2H3. The molecule has 0 aromatic heterocycles. The minimum Gasteiger partial charge on any atom is -0.494 e. The summed E-state index contributed by atoms with van der Waals surface area (Å²) in [5.74, 6) is 0.682. The first-order valence-corrected chi connectivity index (χ1v) is 9.63. The van der Waals surface area contributed by atoms with E-state index in [0.717, 1.165) is 39.1 Å². The van der Waals surface area contributed by atoms with Gasteiger partial charge >= 0.3 is 0 Å². The number of hydrogen-bond donors (Lipinski definition) is 1. The van der Waals surface area contributed by atoms with Crippen LogP contribution >= 0.6 is 0 Å². The van der Waals surface area contributed by atoms with Gasteiger partial charge in [-0.1, -0.05) is 0 Å². The normalized spacial score (nSPS) is 17.3. The fourth-order valence-electron chi connectivity index (χ4n) is 2.55. The SMILES string of the molecule is CCOc1ccc(S(=O)(=O)NCCCN2CCN(C)CC2)cc1. The molecular weight excluding hydrogens is 314 g/mol. The third kappa shape index (κ3) is 5.76. The summed E-state index contributed by atoms with van der Waals surface area (Å²) in [5, 5.41) is 0. The van der Waals surface area contributed by atoms with Crippen molar-refractivity contribution in [1.29, 1.82) is 0 Å². The Bertz CT molecular complexity index is 567. The number of sulfonamides is 1. The number of benzene rings is 1. The number of rotatable bonds is 8. The fraction of sp³-hybridized carbons (Fsp3) is 0.625. The smallest absolute Gasteiger partial charge is 0.240 e. The van der Waals surface area contributed by atoms with E-state index < -0.39 is 10.0 Å². The van der Waals surface area contributed by atoms with E-state index in [0.29, 0.717) is 18.9 Å². The van der Waals surface area contributed by atoms with E-state index in [9.17, 15) is 8.42 Å². The maximum absolute atomic E-state index is 12.2. The number of nitrogens with zero attached hydrogens (tertiary/aromatic N) is 2. The van der Waals surface area contributed by atoms with Crippen molar-refractivity contribution in [3.8, 4) is 5.75 Å². The number of hydrogen-bond acceptors (Lipinski definition) is 5. The van der Waals surface area contributed by atoms with Crippen LogP contribution in [0.4, 0.5) is 0 Å². The zero-order chi connectivity index (χ0) is 16.7. The zero-order valence-corrected chi connectivity index (χ0v) is 14.8. The van der Waals surface area contributed by atoms with Gasteiger partial charge in [0, 0.05) is 32.7 Å². The molecule has 7 heteroatoms. The minimum atomic E-state index is -3.44. The van der Waals surface area contributed by atoms with Crippen LogP contribution in [0.3, 0.4) is 0 Å². The van der Waals surface area contributed by atoms with Crippen LogP contribution in [-0.2, 0) is 10.0 Å². The van der Waals surface area contributed by atoms with Crippen molar-refractivity contribution < 1.29 is 13.2 Å². The summed E-state index contributed by atoms with van der Waals surface area (Å²) >= 11 is 0. The summed E-state index contributed by atoms with van der Waals surface area (Å²) in [6.45, 7) is 8.13.